The van der Waals surface area contributed by atoms with Gasteiger partial charge >= 0.3 is 0 Å². The Bertz CT molecular complexity index is 658. The van der Waals surface area contributed by atoms with Crippen molar-refractivity contribution in [3.8, 4) is 5.75 Å². The molecule has 2 atom stereocenters. The predicted octanol–water partition coefficient (Wildman–Crippen LogP) is 2.43. The summed E-state index contributed by atoms with van der Waals surface area (Å²) >= 11 is 0. The van der Waals surface area contributed by atoms with Crippen molar-refractivity contribution in [2.24, 2.45) is 5.92 Å². The Morgan fingerprint density at radius 3 is 3.10 bits per heavy atom. The lowest BCUT2D eigenvalue weighted by Crippen LogP contribution is -2.45. The lowest BCUT2D eigenvalue weighted by molar-refractivity contribution is 0.384. The fourth-order valence-corrected chi connectivity index (χ4v) is 3.90. The molecular weight excluding hydrogens is 262 g/mol. The van der Waals surface area contributed by atoms with Gasteiger partial charge < -0.3 is 15.0 Å². The van der Waals surface area contributed by atoms with E-state index in [0.29, 0.717) is 6.04 Å². The summed E-state index contributed by atoms with van der Waals surface area (Å²) in [7, 11) is 1.73. The van der Waals surface area contributed by atoms with Crippen LogP contribution in [0, 0.1) is 5.92 Å². The fourth-order valence-electron chi connectivity index (χ4n) is 3.90. The summed E-state index contributed by atoms with van der Waals surface area (Å²) in [4.78, 5) is 7.22. The first kappa shape index (κ1) is 12.9. The van der Waals surface area contributed by atoms with Crippen LogP contribution in [0.25, 0.3) is 10.8 Å². The lowest BCUT2D eigenvalue weighted by Gasteiger charge is -2.38. The maximum Gasteiger partial charge on any atom is 0.136 e. The molecule has 21 heavy (non-hydrogen) atoms. The minimum Gasteiger partial charge on any atom is -0.496 e. The molecule has 2 unspecified atom stereocenters. The third kappa shape index (κ3) is 2.05. The van der Waals surface area contributed by atoms with Crippen LogP contribution >= 0.6 is 0 Å². The van der Waals surface area contributed by atoms with E-state index < -0.39 is 0 Å². The molecule has 0 amide bonds. The number of pyridine rings is 1. The number of benzene rings is 1. The third-order valence-corrected chi connectivity index (χ3v) is 4.92. The molecule has 4 nitrogen and oxygen atoms in total. The molecule has 4 rings (SSSR count). The summed E-state index contributed by atoms with van der Waals surface area (Å²) in [5.74, 6) is 2.81. The van der Waals surface area contributed by atoms with Gasteiger partial charge in [-0.05, 0) is 30.9 Å². The summed E-state index contributed by atoms with van der Waals surface area (Å²) in [6.45, 7) is 3.33. The second kappa shape index (κ2) is 5.19. The van der Waals surface area contributed by atoms with E-state index in [4.69, 9.17) is 9.72 Å². The first-order chi connectivity index (χ1) is 10.4. The van der Waals surface area contributed by atoms with Crippen molar-refractivity contribution in [2.75, 3.05) is 31.6 Å². The number of fused-ring (bicyclic) bond motifs is 2. The number of rotatable bonds is 2. The van der Waals surface area contributed by atoms with Crippen LogP contribution in [0.4, 0.5) is 5.82 Å². The van der Waals surface area contributed by atoms with Gasteiger partial charge in [0, 0.05) is 42.6 Å². The van der Waals surface area contributed by atoms with Crippen LogP contribution in [0.15, 0.2) is 30.5 Å². The van der Waals surface area contributed by atoms with E-state index in [-0.39, 0.29) is 0 Å². The van der Waals surface area contributed by atoms with Gasteiger partial charge in [-0.15, -0.1) is 0 Å². The van der Waals surface area contributed by atoms with Crippen LogP contribution in [-0.4, -0.2) is 37.8 Å². The summed E-state index contributed by atoms with van der Waals surface area (Å²) in [6.07, 6.45) is 4.50. The number of nitrogens with one attached hydrogen (secondary N) is 1. The van der Waals surface area contributed by atoms with E-state index in [0.717, 1.165) is 42.5 Å². The molecule has 4 heteroatoms. The molecule has 0 radical (unpaired) electrons. The van der Waals surface area contributed by atoms with Crippen molar-refractivity contribution in [1.29, 1.82) is 0 Å². The molecule has 0 saturated carbocycles. The number of methoxy groups -OCH3 is 1. The Kier molecular flexibility index (Phi) is 3.19. The van der Waals surface area contributed by atoms with Gasteiger partial charge in [0.25, 0.3) is 0 Å². The molecule has 2 aromatic rings. The van der Waals surface area contributed by atoms with Crippen LogP contribution in [0.5, 0.6) is 5.75 Å². The second-order valence-corrected chi connectivity index (χ2v) is 6.01. The minimum atomic E-state index is 0.586. The molecule has 2 aliphatic rings. The summed E-state index contributed by atoms with van der Waals surface area (Å²) < 4.78 is 5.50. The summed E-state index contributed by atoms with van der Waals surface area (Å²) in [5, 5.41) is 5.89. The van der Waals surface area contributed by atoms with Crippen molar-refractivity contribution in [3.05, 3.63) is 30.5 Å². The van der Waals surface area contributed by atoms with Crippen LogP contribution in [0.2, 0.25) is 0 Å². The third-order valence-electron chi connectivity index (χ3n) is 4.92. The highest BCUT2D eigenvalue weighted by molar-refractivity contribution is 5.96. The average Bonchev–Trinajstić information content (AvgIpc) is 3.02. The van der Waals surface area contributed by atoms with Crippen molar-refractivity contribution >= 4 is 16.6 Å². The van der Waals surface area contributed by atoms with Crippen molar-refractivity contribution in [1.82, 2.24) is 10.3 Å². The molecule has 2 aliphatic heterocycles. The zero-order valence-electron chi connectivity index (χ0n) is 12.4. The Balaban J connectivity index is 1.82. The van der Waals surface area contributed by atoms with E-state index in [9.17, 15) is 0 Å². The number of ether oxygens (including phenoxy) is 1. The first-order valence-corrected chi connectivity index (χ1v) is 7.77. The van der Waals surface area contributed by atoms with Crippen LogP contribution in [0.1, 0.15) is 12.8 Å². The molecule has 3 heterocycles. The van der Waals surface area contributed by atoms with Gasteiger partial charge in [-0.1, -0.05) is 12.1 Å². The van der Waals surface area contributed by atoms with Crippen molar-refractivity contribution in [3.63, 3.8) is 0 Å². The molecule has 1 aromatic heterocycles. The Morgan fingerprint density at radius 2 is 2.19 bits per heavy atom. The topological polar surface area (TPSA) is 37.4 Å². The molecule has 1 N–H and O–H groups in total. The number of anilines is 1. The number of hydrogen-bond acceptors (Lipinski definition) is 4. The molecule has 2 fully saturated rings. The average molecular weight is 283 g/mol. The summed E-state index contributed by atoms with van der Waals surface area (Å²) in [6, 6.07) is 8.87. The molecule has 0 spiro atoms. The van der Waals surface area contributed by atoms with Gasteiger partial charge in [-0.25, -0.2) is 4.98 Å². The molecular formula is C17H21N3O. The van der Waals surface area contributed by atoms with E-state index >= 15 is 0 Å². The van der Waals surface area contributed by atoms with Gasteiger partial charge in [0.15, 0.2) is 0 Å². The maximum atomic E-state index is 5.50. The van der Waals surface area contributed by atoms with Gasteiger partial charge in [0.2, 0.25) is 0 Å². The molecule has 1 aromatic carbocycles. The largest absolute Gasteiger partial charge is 0.496 e. The summed E-state index contributed by atoms with van der Waals surface area (Å²) in [5.41, 5.74) is 0. The Hall–Kier alpha value is -1.81. The fraction of sp³-hybridized carbons (Fsp3) is 0.471. The maximum absolute atomic E-state index is 5.50. The van der Waals surface area contributed by atoms with E-state index in [2.05, 4.69) is 22.3 Å². The van der Waals surface area contributed by atoms with E-state index in [1.54, 1.807) is 7.11 Å². The van der Waals surface area contributed by atoms with Crippen LogP contribution < -0.4 is 15.0 Å². The number of aromatic nitrogens is 1. The quantitative estimate of drug-likeness (QED) is 0.918. The number of hydrogen-bond donors (Lipinski definition) is 1. The SMILES string of the molecule is COc1cccc2c(N3CCCC4CNCC43)nccc12. The Labute approximate surface area is 125 Å². The molecule has 2 saturated heterocycles. The lowest BCUT2D eigenvalue weighted by atomic mass is 9.91. The van der Waals surface area contributed by atoms with Gasteiger partial charge in [0.05, 0.1) is 7.11 Å². The first-order valence-electron chi connectivity index (χ1n) is 7.77. The van der Waals surface area contributed by atoms with E-state index in [1.807, 2.05) is 18.3 Å². The zero-order valence-corrected chi connectivity index (χ0v) is 12.4. The number of piperidine rings is 1. The zero-order chi connectivity index (χ0) is 14.2. The van der Waals surface area contributed by atoms with E-state index in [1.165, 1.54) is 18.2 Å². The highest BCUT2D eigenvalue weighted by atomic mass is 16.5. The minimum absolute atomic E-state index is 0.586. The van der Waals surface area contributed by atoms with Crippen LogP contribution in [0.3, 0.4) is 0 Å². The normalized spacial score (nSPS) is 25.1. The number of nitrogens with zero attached hydrogens (tertiary/aromatic N) is 2. The van der Waals surface area contributed by atoms with Gasteiger partial charge in [-0.3, -0.25) is 0 Å². The standard InChI is InChI=1S/C17H21N3O/c1-21-16-6-2-5-14-13(16)7-8-19-17(14)20-9-3-4-12-10-18-11-15(12)20/h2,5-8,12,15,18H,3-4,9-11H2,1H3. The highest BCUT2D eigenvalue weighted by Gasteiger charge is 2.36. The van der Waals surface area contributed by atoms with Crippen molar-refractivity contribution < 1.29 is 4.74 Å². The van der Waals surface area contributed by atoms with Crippen LogP contribution in [-0.2, 0) is 0 Å². The van der Waals surface area contributed by atoms with Crippen molar-refractivity contribution in [2.45, 2.75) is 18.9 Å². The second-order valence-electron chi connectivity index (χ2n) is 6.01. The highest BCUT2D eigenvalue weighted by Crippen LogP contribution is 2.36. The molecule has 110 valence electrons. The molecule has 0 bridgehead atoms. The predicted molar refractivity (Wildman–Crippen MR) is 85.0 cm³/mol. The monoisotopic (exact) mass is 283 g/mol. The van der Waals surface area contributed by atoms with Gasteiger partial charge in [0.1, 0.15) is 11.6 Å². The van der Waals surface area contributed by atoms with Gasteiger partial charge in [-0.2, -0.15) is 0 Å². The smallest absolute Gasteiger partial charge is 0.136 e. The Morgan fingerprint density at radius 1 is 1.24 bits per heavy atom. The molecule has 0 aliphatic carbocycles.